The standard InChI is InChI=1S/C14H20N4O2S/c1-11-9-13(15)12(2)14(10-11)21(19,20)17-6-4-8-18-7-3-5-16-18/h3,5,7,9-10,17H,4,6,8,15H2,1-2H3. The first-order valence-corrected chi connectivity index (χ1v) is 8.22. The Morgan fingerprint density at radius 3 is 2.76 bits per heavy atom. The number of aromatic nitrogens is 2. The van der Waals surface area contributed by atoms with E-state index in [-0.39, 0.29) is 4.90 Å². The third kappa shape index (κ3) is 3.83. The normalized spacial score (nSPS) is 11.7. The number of nitrogen functional groups attached to an aromatic ring is 1. The molecule has 3 N–H and O–H groups in total. The Morgan fingerprint density at radius 2 is 2.10 bits per heavy atom. The summed E-state index contributed by atoms with van der Waals surface area (Å²) in [5.74, 6) is 0. The molecule has 0 aliphatic heterocycles. The molecule has 0 saturated carbocycles. The van der Waals surface area contributed by atoms with E-state index in [1.54, 1.807) is 29.9 Å². The summed E-state index contributed by atoms with van der Waals surface area (Å²) in [7, 11) is -3.54. The maximum Gasteiger partial charge on any atom is 0.240 e. The Morgan fingerprint density at radius 1 is 1.33 bits per heavy atom. The van der Waals surface area contributed by atoms with Gasteiger partial charge in [0.15, 0.2) is 0 Å². The van der Waals surface area contributed by atoms with Crippen molar-refractivity contribution in [3.63, 3.8) is 0 Å². The Hall–Kier alpha value is -1.86. The molecule has 21 heavy (non-hydrogen) atoms. The van der Waals surface area contributed by atoms with Gasteiger partial charge in [0.2, 0.25) is 10.0 Å². The largest absolute Gasteiger partial charge is 0.398 e. The molecule has 0 aliphatic carbocycles. The molecule has 7 heteroatoms. The first-order valence-electron chi connectivity index (χ1n) is 6.74. The van der Waals surface area contributed by atoms with Crippen LogP contribution in [0, 0.1) is 13.8 Å². The Labute approximate surface area is 125 Å². The van der Waals surface area contributed by atoms with Gasteiger partial charge in [0, 0.05) is 31.2 Å². The molecule has 0 spiro atoms. The number of aryl methyl sites for hydroxylation is 2. The van der Waals surface area contributed by atoms with Crippen molar-refractivity contribution in [2.75, 3.05) is 12.3 Å². The van der Waals surface area contributed by atoms with Gasteiger partial charge in [-0.2, -0.15) is 5.10 Å². The van der Waals surface area contributed by atoms with Crippen LogP contribution in [-0.2, 0) is 16.6 Å². The highest BCUT2D eigenvalue weighted by Gasteiger charge is 2.18. The lowest BCUT2D eigenvalue weighted by Crippen LogP contribution is -2.26. The molecule has 0 aliphatic rings. The number of benzene rings is 1. The van der Waals surface area contributed by atoms with Gasteiger partial charge in [-0.15, -0.1) is 0 Å². The highest BCUT2D eigenvalue weighted by atomic mass is 32.2. The minimum absolute atomic E-state index is 0.249. The second kappa shape index (κ2) is 6.28. The van der Waals surface area contributed by atoms with Crippen molar-refractivity contribution >= 4 is 15.7 Å². The zero-order valence-corrected chi connectivity index (χ0v) is 13.0. The molecule has 0 unspecified atom stereocenters. The molecule has 1 aromatic heterocycles. The summed E-state index contributed by atoms with van der Waals surface area (Å²) in [6.07, 6.45) is 4.21. The monoisotopic (exact) mass is 308 g/mol. The van der Waals surface area contributed by atoms with Crippen molar-refractivity contribution in [1.29, 1.82) is 0 Å². The van der Waals surface area contributed by atoms with Crippen molar-refractivity contribution in [2.24, 2.45) is 0 Å². The number of nitrogens with one attached hydrogen (secondary N) is 1. The molecular formula is C14H20N4O2S. The predicted octanol–water partition coefficient (Wildman–Crippen LogP) is 1.45. The van der Waals surface area contributed by atoms with Crippen molar-refractivity contribution in [3.05, 3.63) is 41.7 Å². The number of hydrogen-bond acceptors (Lipinski definition) is 4. The predicted molar refractivity (Wildman–Crippen MR) is 82.4 cm³/mol. The number of rotatable bonds is 6. The molecule has 2 rings (SSSR count). The van der Waals surface area contributed by atoms with E-state index in [4.69, 9.17) is 5.73 Å². The number of anilines is 1. The van der Waals surface area contributed by atoms with Crippen LogP contribution in [0.25, 0.3) is 0 Å². The van der Waals surface area contributed by atoms with Gasteiger partial charge in [-0.3, -0.25) is 4.68 Å². The number of sulfonamides is 1. The van der Waals surface area contributed by atoms with Crippen LogP contribution >= 0.6 is 0 Å². The molecule has 0 saturated heterocycles. The molecular weight excluding hydrogens is 288 g/mol. The van der Waals surface area contributed by atoms with E-state index in [1.165, 1.54) is 0 Å². The van der Waals surface area contributed by atoms with Crippen LogP contribution in [0.15, 0.2) is 35.5 Å². The fourth-order valence-electron chi connectivity index (χ4n) is 2.09. The fraction of sp³-hybridized carbons (Fsp3) is 0.357. The smallest absolute Gasteiger partial charge is 0.240 e. The Bertz CT molecular complexity index is 709. The van der Waals surface area contributed by atoms with Crippen LogP contribution in [0.1, 0.15) is 17.5 Å². The zero-order valence-electron chi connectivity index (χ0n) is 12.2. The van der Waals surface area contributed by atoms with E-state index in [1.807, 2.05) is 19.2 Å². The van der Waals surface area contributed by atoms with Crippen LogP contribution < -0.4 is 10.5 Å². The lowest BCUT2D eigenvalue weighted by Gasteiger charge is -2.12. The third-order valence-electron chi connectivity index (χ3n) is 3.25. The van der Waals surface area contributed by atoms with Gasteiger partial charge in [0.25, 0.3) is 0 Å². The van der Waals surface area contributed by atoms with Gasteiger partial charge in [-0.1, -0.05) is 0 Å². The fourth-order valence-corrected chi connectivity index (χ4v) is 3.52. The molecule has 6 nitrogen and oxygen atoms in total. The molecule has 0 fully saturated rings. The number of hydrogen-bond donors (Lipinski definition) is 2. The first-order chi connectivity index (χ1) is 9.90. The highest BCUT2D eigenvalue weighted by Crippen LogP contribution is 2.22. The Kier molecular flexibility index (Phi) is 4.64. The second-order valence-electron chi connectivity index (χ2n) is 5.00. The third-order valence-corrected chi connectivity index (χ3v) is 4.84. The van der Waals surface area contributed by atoms with E-state index >= 15 is 0 Å². The van der Waals surface area contributed by atoms with Crippen LogP contribution in [0.5, 0.6) is 0 Å². The van der Waals surface area contributed by atoms with Gasteiger partial charge in [0.05, 0.1) is 4.90 Å². The maximum atomic E-state index is 12.3. The van der Waals surface area contributed by atoms with Crippen molar-refractivity contribution in [1.82, 2.24) is 14.5 Å². The maximum absolute atomic E-state index is 12.3. The number of nitrogens with zero attached hydrogens (tertiary/aromatic N) is 2. The molecule has 1 aromatic carbocycles. The van der Waals surface area contributed by atoms with Gasteiger partial charge < -0.3 is 5.73 Å². The highest BCUT2D eigenvalue weighted by molar-refractivity contribution is 7.89. The van der Waals surface area contributed by atoms with Crippen LogP contribution in [-0.4, -0.2) is 24.7 Å². The second-order valence-corrected chi connectivity index (χ2v) is 6.73. The topological polar surface area (TPSA) is 90.0 Å². The molecule has 0 bridgehead atoms. The quantitative estimate of drug-likeness (QED) is 0.624. The summed E-state index contributed by atoms with van der Waals surface area (Å²) in [5, 5.41) is 4.07. The van der Waals surface area contributed by atoms with Gasteiger partial charge >= 0.3 is 0 Å². The van der Waals surface area contributed by atoms with Crippen molar-refractivity contribution < 1.29 is 8.42 Å². The first kappa shape index (κ1) is 15.5. The van der Waals surface area contributed by atoms with Crippen molar-refractivity contribution in [3.8, 4) is 0 Å². The van der Waals surface area contributed by atoms with Crippen LogP contribution in [0.3, 0.4) is 0 Å². The molecule has 1 heterocycles. The summed E-state index contributed by atoms with van der Waals surface area (Å²) in [6, 6.07) is 5.25. The average molecular weight is 308 g/mol. The number of nitrogens with two attached hydrogens (primary N) is 1. The van der Waals surface area contributed by atoms with Crippen molar-refractivity contribution in [2.45, 2.75) is 31.7 Å². The molecule has 0 amide bonds. The summed E-state index contributed by atoms with van der Waals surface area (Å²) in [6.45, 7) is 4.57. The van der Waals surface area contributed by atoms with E-state index in [0.717, 1.165) is 5.56 Å². The van der Waals surface area contributed by atoms with Gasteiger partial charge in [-0.25, -0.2) is 13.1 Å². The van der Waals surface area contributed by atoms with Crippen LogP contribution in [0.2, 0.25) is 0 Å². The van der Waals surface area contributed by atoms with Gasteiger partial charge in [-0.05, 0) is 49.6 Å². The molecule has 2 aromatic rings. The SMILES string of the molecule is Cc1cc(N)c(C)c(S(=O)(=O)NCCCn2cccn2)c1. The minimum atomic E-state index is -3.54. The lowest BCUT2D eigenvalue weighted by molar-refractivity contribution is 0.552. The molecule has 0 radical (unpaired) electrons. The minimum Gasteiger partial charge on any atom is -0.398 e. The molecule has 0 atom stereocenters. The van der Waals surface area contributed by atoms with E-state index in [0.29, 0.717) is 30.8 Å². The van der Waals surface area contributed by atoms with E-state index < -0.39 is 10.0 Å². The van der Waals surface area contributed by atoms with Crippen LogP contribution in [0.4, 0.5) is 5.69 Å². The summed E-state index contributed by atoms with van der Waals surface area (Å²) >= 11 is 0. The summed E-state index contributed by atoms with van der Waals surface area (Å²) in [5.41, 5.74) is 7.74. The van der Waals surface area contributed by atoms with E-state index in [2.05, 4.69) is 9.82 Å². The summed E-state index contributed by atoms with van der Waals surface area (Å²) < 4.78 is 29.0. The zero-order chi connectivity index (χ0) is 15.5. The lowest BCUT2D eigenvalue weighted by atomic mass is 10.1. The van der Waals surface area contributed by atoms with Gasteiger partial charge in [0.1, 0.15) is 0 Å². The summed E-state index contributed by atoms with van der Waals surface area (Å²) in [4.78, 5) is 0.249. The van der Waals surface area contributed by atoms with E-state index in [9.17, 15) is 8.42 Å². The Balaban J connectivity index is 2.02. The molecule has 114 valence electrons. The average Bonchev–Trinajstić information content (AvgIpc) is 2.92.